The Kier molecular flexibility index (Phi) is 5.89. The van der Waals surface area contributed by atoms with E-state index in [-0.39, 0.29) is 18.8 Å². The molecule has 1 saturated heterocycles. The van der Waals surface area contributed by atoms with Crippen LogP contribution in [0.2, 0.25) is 0 Å². The second-order valence-electron chi connectivity index (χ2n) is 7.97. The van der Waals surface area contributed by atoms with E-state index in [9.17, 15) is 13.2 Å². The highest BCUT2D eigenvalue weighted by Gasteiger charge is 2.43. The van der Waals surface area contributed by atoms with Crippen LogP contribution < -0.4 is 0 Å². The minimum Gasteiger partial charge on any atom is -0.352 e. The molecule has 0 spiro atoms. The Morgan fingerprint density at radius 3 is 1.96 bits per heavy atom. The quantitative estimate of drug-likeness (QED) is 0.750. The maximum absolute atomic E-state index is 13.5. The van der Waals surface area contributed by atoms with Crippen LogP contribution in [0.1, 0.15) is 51.9 Å². The summed E-state index contributed by atoms with van der Waals surface area (Å²) < 4.78 is 51.8. The summed E-state index contributed by atoms with van der Waals surface area (Å²) in [7, 11) is 0. The lowest BCUT2D eigenvalue weighted by Crippen LogP contribution is -2.45. The summed E-state index contributed by atoms with van der Waals surface area (Å²) in [6.07, 6.45) is 0.272. The van der Waals surface area contributed by atoms with Gasteiger partial charge in [-0.15, -0.1) is 0 Å². The van der Waals surface area contributed by atoms with Gasteiger partial charge in [0.25, 0.3) is 0 Å². The summed E-state index contributed by atoms with van der Waals surface area (Å²) in [5, 5.41) is 0. The Morgan fingerprint density at radius 2 is 1.39 bits per heavy atom. The normalized spacial score (nSPS) is 49.0. The summed E-state index contributed by atoms with van der Waals surface area (Å²) in [6.45, 7) is 3.51. The molecule has 23 heavy (non-hydrogen) atoms. The molecular weight excluding hydrogens is 305 g/mol. The van der Waals surface area contributed by atoms with Gasteiger partial charge in [-0.1, -0.05) is 32.6 Å². The van der Waals surface area contributed by atoms with E-state index in [1.807, 2.05) is 0 Å². The molecule has 3 aliphatic rings. The number of alkyl halides is 3. The third kappa shape index (κ3) is 4.41. The molecule has 0 bridgehead atoms. The topological polar surface area (TPSA) is 18.5 Å². The van der Waals surface area contributed by atoms with Gasteiger partial charge in [0, 0.05) is 11.8 Å². The predicted octanol–water partition coefficient (Wildman–Crippen LogP) is 4.62. The average Bonchev–Trinajstić information content (AvgIpc) is 2.55. The van der Waals surface area contributed by atoms with Crippen LogP contribution in [0.4, 0.5) is 13.2 Å². The van der Waals surface area contributed by atoms with E-state index in [1.54, 1.807) is 0 Å². The summed E-state index contributed by atoms with van der Waals surface area (Å²) in [6, 6.07) is 0. The fourth-order valence-electron chi connectivity index (χ4n) is 4.39. The maximum Gasteiger partial charge on any atom is 0.162 e. The lowest BCUT2D eigenvalue weighted by Gasteiger charge is -2.39. The van der Waals surface area contributed by atoms with Gasteiger partial charge >= 0.3 is 0 Å². The van der Waals surface area contributed by atoms with E-state index in [1.165, 1.54) is 25.7 Å². The van der Waals surface area contributed by atoms with Crippen LogP contribution in [0, 0.1) is 23.7 Å². The van der Waals surface area contributed by atoms with Crippen molar-refractivity contribution >= 4 is 0 Å². The Labute approximate surface area is 137 Å². The summed E-state index contributed by atoms with van der Waals surface area (Å²) in [5.74, 6) is 1.61. The number of ether oxygens (including phenoxy) is 2. The monoisotopic (exact) mass is 334 g/mol. The minimum absolute atomic E-state index is 0.00255. The van der Waals surface area contributed by atoms with E-state index in [0.29, 0.717) is 19.1 Å². The Morgan fingerprint density at radius 1 is 0.826 bits per heavy atom. The van der Waals surface area contributed by atoms with Gasteiger partial charge in [0.05, 0.1) is 13.2 Å². The van der Waals surface area contributed by atoms with Gasteiger partial charge in [0.1, 0.15) is 12.3 Å². The molecule has 0 N–H and O–H groups in total. The van der Waals surface area contributed by atoms with Crippen LogP contribution in [-0.4, -0.2) is 38.0 Å². The van der Waals surface area contributed by atoms with Gasteiger partial charge in [-0.25, -0.2) is 13.2 Å². The molecular formula is C18H29F3O2. The van der Waals surface area contributed by atoms with Crippen molar-refractivity contribution in [2.45, 2.75) is 76.7 Å². The van der Waals surface area contributed by atoms with E-state index in [0.717, 1.165) is 18.3 Å². The molecule has 5 heteroatoms. The molecule has 2 saturated carbocycles. The number of rotatable bonds is 3. The van der Waals surface area contributed by atoms with Crippen molar-refractivity contribution in [3.05, 3.63) is 0 Å². The predicted molar refractivity (Wildman–Crippen MR) is 82.3 cm³/mol. The maximum atomic E-state index is 13.5. The zero-order chi connectivity index (χ0) is 16.4. The molecule has 2 atom stereocenters. The first-order valence-corrected chi connectivity index (χ1v) is 9.18. The molecule has 1 aliphatic heterocycles. The first kappa shape index (κ1) is 17.5. The minimum atomic E-state index is -1.99. The molecule has 0 aromatic heterocycles. The zero-order valence-electron chi connectivity index (χ0n) is 13.9. The third-order valence-electron chi connectivity index (χ3n) is 5.93. The summed E-state index contributed by atoms with van der Waals surface area (Å²) in [4.78, 5) is 0. The standard InChI is InChI=1S/C18H29F3O2/c1-11-2-4-12(5-3-11)6-13-9-22-18(23-10-13)14-7-15(19)17(21)16(20)8-14/h11-18H,2-10H2,1H3. The van der Waals surface area contributed by atoms with Crippen LogP contribution in [0.15, 0.2) is 0 Å². The third-order valence-corrected chi connectivity index (χ3v) is 5.93. The van der Waals surface area contributed by atoms with Gasteiger partial charge < -0.3 is 9.47 Å². The van der Waals surface area contributed by atoms with Gasteiger partial charge in [-0.05, 0) is 31.1 Å². The van der Waals surface area contributed by atoms with E-state index < -0.39 is 24.8 Å². The van der Waals surface area contributed by atoms with Crippen molar-refractivity contribution in [1.29, 1.82) is 0 Å². The molecule has 0 aromatic rings. The SMILES string of the molecule is CC1CCC(CC2COC(C3CC(F)C(F)C(F)C3)OC2)CC1. The Hall–Kier alpha value is -0.290. The number of hydrogen-bond donors (Lipinski definition) is 0. The molecule has 2 nitrogen and oxygen atoms in total. The van der Waals surface area contributed by atoms with Gasteiger partial charge in [-0.2, -0.15) is 0 Å². The average molecular weight is 334 g/mol. The van der Waals surface area contributed by atoms with Crippen LogP contribution >= 0.6 is 0 Å². The molecule has 0 aromatic carbocycles. The van der Waals surface area contributed by atoms with Gasteiger partial charge in [0.15, 0.2) is 12.5 Å². The molecule has 0 radical (unpaired) electrons. The van der Waals surface area contributed by atoms with Crippen molar-refractivity contribution < 1.29 is 22.6 Å². The highest BCUT2D eigenvalue weighted by molar-refractivity contribution is 4.89. The Bertz CT molecular complexity index is 353. The zero-order valence-corrected chi connectivity index (χ0v) is 13.9. The number of halogens is 3. The van der Waals surface area contributed by atoms with E-state index in [2.05, 4.69) is 6.92 Å². The second-order valence-corrected chi connectivity index (χ2v) is 7.97. The summed E-state index contributed by atoms with van der Waals surface area (Å²) >= 11 is 0. The van der Waals surface area contributed by atoms with Crippen molar-refractivity contribution in [2.75, 3.05) is 13.2 Å². The van der Waals surface area contributed by atoms with Crippen molar-refractivity contribution in [3.63, 3.8) is 0 Å². The van der Waals surface area contributed by atoms with Gasteiger partial charge in [0.2, 0.25) is 0 Å². The molecule has 1 heterocycles. The van der Waals surface area contributed by atoms with Crippen LogP contribution in [0.25, 0.3) is 0 Å². The van der Waals surface area contributed by atoms with Crippen molar-refractivity contribution in [3.8, 4) is 0 Å². The molecule has 2 unspecified atom stereocenters. The van der Waals surface area contributed by atoms with Crippen LogP contribution in [-0.2, 0) is 9.47 Å². The number of hydrogen-bond acceptors (Lipinski definition) is 2. The molecule has 3 fully saturated rings. The molecule has 0 amide bonds. The van der Waals surface area contributed by atoms with Crippen molar-refractivity contribution in [2.24, 2.45) is 23.7 Å². The second kappa shape index (κ2) is 7.73. The largest absolute Gasteiger partial charge is 0.352 e. The molecule has 3 rings (SSSR count). The summed E-state index contributed by atoms with van der Waals surface area (Å²) in [5.41, 5.74) is 0. The highest BCUT2D eigenvalue weighted by Crippen LogP contribution is 2.37. The fraction of sp³-hybridized carbons (Fsp3) is 1.00. The van der Waals surface area contributed by atoms with Crippen LogP contribution in [0.3, 0.4) is 0 Å². The first-order valence-electron chi connectivity index (χ1n) is 9.18. The lowest BCUT2D eigenvalue weighted by molar-refractivity contribution is -0.237. The fourth-order valence-corrected chi connectivity index (χ4v) is 4.39. The smallest absolute Gasteiger partial charge is 0.162 e. The van der Waals surface area contributed by atoms with E-state index >= 15 is 0 Å². The first-order chi connectivity index (χ1) is 11.0. The van der Waals surface area contributed by atoms with Crippen LogP contribution in [0.5, 0.6) is 0 Å². The highest BCUT2D eigenvalue weighted by atomic mass is 19.2. The molecule has 134 valence electrons. The molecule has 2 aliphatic carbocycles. The Balaban J connectivity index is 1.42. The van der Waals surface area contributed by atoms with E-state index in [4.69, 9.17) is 9.47 Å². The lowest BCUT2D eigenvalue weighted by atomic mass is 9.79. The van der Waals surface area contributed by atoms with Gasteiger partial charge in [-0.3, -0.25) is 0 Å². The van der Waals surface area contributed by atoms with Crippen molar-refractivity contribution in [1.82, 2.24) is 0 Å².